The van der Waals surface area contributed by atoms with Gasteiger partial charge in [0.1, 0.15) is 5.82 Å². The number of hydrogen-bond acceptors (Lipinski definition) is 5. The van der Waals surface area contributed by atoms with E-state index in [1.165, 1.54) is 4.31 Å². The molecule has 1 N–H and O–H groups in total. The van der Waals surface area contributed by atoms with E-state index < -0.39 is 10.0 Å². The van der Waals surface area contributed by atoms with Gasteiger partial charge in [0.05, 0.1) is 26.6 Å². The highest BCUT2D eigenvalue weighted by atomic mass is 35.5. The van der Waals surface area contributed by atoms with E-state index in [0.29, 0.717) is 41.6 Å². The summed E-state index contributed by atoms with van der Waals surface area (Å²) in [5.74, 6) is 0.555. The first-order chi connectivity index (χ1) is 15.6. The Hall–Kier alpha value is -2.62. The summed E-state index contributed by atoms with van der Waals surface area (Å²) in [7, 11) is 2.10. The number of aromatic nitrogens is 2. The summed E-state index contributed by atoms with van der Waals surface area (Å²) in [5, 5.41) is 3.42. The highest BCUT2D eigenvalue weighted by Crippen LogP contribution is 2.27. The summed E-state index contributed by atoms with van der Waals surface area (Å²) in [6.07, 6.45) is 0.646. The molecule has 1 heterocycles. The minimum absolute atomic E-state index is 0.152. The molecule has 33 heavy (non-hydrogen) atoms. The molecule has 0 atom stereocenters. The van der Waals surface area contributed by atoms with Crippen molar-refractivity contribution in [1.82, 2.24) is 13.9 Å². The molecule has 0 unspecified atom stereocenters. The van der Waals surface area contributed by atoms with Gasteiger partial charge in [0, 0.05) is 52.8 Å². The molecule has 1 amide bonds. The number of aryl methyl sites for hydroxylation is 2. The Morgan fingerprint density at radius 2 is 1.82 bits per heavy atom. The minimum atomic E-state index is -3.56. The molecule has 0 aliphatic rings. The van der Waals surface area contributed by atoms with Crippen molar-refractivity contribution in [3.05, 3.63) is 47.2 Å². The fraction of sp³-hybridized carbons (Fsp3) is 0.391. The number of carbonyl (C=O) groups is 1. The number of sulfonamides is 1. The van der Waals surface area contributed by atoms with E-state index in [0.717, 1.165) is 11.2 Å². The number of imidazole rings is 1. The van der Waals surface area contributed by atoms with E-state index in [4.69, 9.17) is 11.6 Å². The van der Waals surface area contributed by atoms with E-state index in [9.17, 15) is 13.2 Å². The topological polar surface area (TPSA) is 87.5 Å². The summed E-state index contributed by atoms with van der Waals surface area (Å²) in [4.78, 5) is 19.2. The van der Waals surface area contributed by atoms with Crippen molar-refractivity contribution in [2.75, 3.05) is 37.4 Å². The van der Waals surface area contributed by atoms with Gasteiger partial charge in [-0.1, -0.05) is 25.4 Å². The Morgan fingerprint density at radius 3 is 2.42 bits per heavy atom. The van der Waals surface area contributed by atoms with Crippen LogP contribution < -0.4 is 10.2 Å². The van der Waals surface area contributed by atoms with Crippen molar-refractivity contribution in [2.45, 2.75) is 31.6 Å². The second-order valence-corrected chi connectivity index (χ2v) is 10.3. The first-order valence-electron chi connectivity index (χ1n) is 10.8. The fourth-order valence-electron chi connectivity index (χ4n) is 3.72. The molecule has 10 heteroatoms. The molecule has 0 radical (unpaired) electrons. The second-order valence-electron chi connectivity index (χ2n) is 7.94. The molecule has 0 saturated carbocycles. The zero-order valence-electron chi connectivity index (χ0n) is 19.6. The Bertz CT molecular complexity index is 1270. The summed E-state index contributed by atoms with van der Waals surface area (Å²) < 4.78 is 29.0. The number of halogens is 1. The maximum absolute atomic E-state index is 12.8. The van der Waals surface area contributed by atoms with E-state index in [1.807, 2.05) is 56.6 Å². The lowest BCUT2D eigenvalue weighted by Crippen LogP contribution is -2.30. The Labute approximate surface area is 200 Å². The molecule has 178 valence electrons. The van der Waals surface area contributed by atoms with Gasteiger partial charge in [-0.05, 0) is 36.4 Å². The molecule has 0 bridgehead atoms. The molecule has 0 aliphatic carbocycles. The van der Waals surface area contributed by atoms with Crippen molar-refractivity contribution in [3.63, 3.8) is 0 Å². The van der Waals surface area contributed by atoms with E-state index in [2.05, 4.69) is 10.3 Å². The molecule has 1 aromatic heterocycles. The van der Waals surface area contributed by atoms with Crippen LogP contribution >= 0.6 is 11.6 Å². The third-order valence-electron chi connectivity index (χ3n) is 5.58. The number of nitrogens with zero attached hydrogens (tertiary/aromatic N) is 4. The molecular formula is C23H30ClN5O3S. The summed E-state index contributed by atoms with van der Waals surface area (Å²) in [6, 6.07) is 10.4. The van der Waals surface area contributed by atoms with Gasteiger partial charge in [0.2, 0.25) is 15.9 Å². The lowest BCUT2D eigenvalue weighted by molar-refractivity contribution is -0.116. The van der Waals surface area contributed by atoms with Crippen LogP contribution in [0.25, 0.3) is 11.0 Å². The van der Waals surface area contributed by atoms with Gasteiger partial charge in [0.25, 0.3) is 0 Å². The van der Waals surface area contributed by atoms with Crippen molar-refractivity contribution in [3.8, 4) is 0 Å². The number of amides is 1. The van der Waals surface area contributed by atoms with Crippen LogP contribution in [-0.4, -0.2) is 55.4 Å². The maximum atomic E-state index is 12.8. The Kier molecular flexibility index (Phi) is 7.66. The predicted molar refractivity (Wildman–Crippen MR) is 134 cm³/mol. The van der Waals surface area contributed by atoms with Crippen LogP contribution in [-0.2, 0) is 28.3 Å². The number of anilines is 2. The lowest BCUT2D eigenvalue weighted by Gasteiger charge is -2.18. The molecule has 0 aliphatic heterocycles. The highest BCUT2D eigenvalue weighted by Gasteiger charge is 2.22. The SMILES string of the molecule is CCN(CC)S(=O)(=O)c1ccc2c(c1)nc(CCC(=O)Nc1ccc(N(C)C)c(Cl)c1)n2C. The van der Waals surface area contributed by atoms with Crippen LogP contribution in [0.3, 0.4) is 0 Å². The molecule has 0 spiro atoms. The van der Waals surface area contributed by atoms with Gasteiger partial charge >= 0.3 is 0 Å². The van der Waals surface area contributed by atoms with Gasteiger partial charge in [0.15, 0.2) is 0 Å². The molecule has 0 saturated heterocycles. The molecule has 3 rings (SSSR count). The summed E-state index contributed by atoms with van der Waals surface area (Å²) in [6.45, 7) is 4.44. The zero-order chi connectivity index (χ0) is 24.3. The number of rotatable bonds is 9. The van der Waals surface area contributed by atoms with Crippen molar-refractivity contribution in [2.24, 2.45) is 7.05 Å². The monoisotopic (exact) mass is 491 g/mol. The van der Waals surface area contributed by atoms with Crippen LogP contribution in [0.15, 0.2) is 41.3 Å². The predicted octanol–water partition coefficient (Wildman–Crippen LogP) is 3.89. The summed E-state index contributed by atoms with van der Waals surface area (Å²) in [5.41, 5.74) is 2.91. The Morgan fingerprint density at radius 1 is 1.12 bits per heavy atom. The first kappa shape index (κ1) is 25.0. The van der Waals surface area contributed by atoms with Crippen LogP contribution in [0, 0.1) is 0 Å². The van der Waals surface area contributed by atoms with Crippen LogP contribution in [0.4, 0.5) is 11.4 Å². The maximum Gasteiger partial charge on any atom is 0.243 e. The lowest BCUT2D eigenvalue weighted by atomic mass is 10.2. The normalized spacial score (nSPS) is 11.8. The van der Waals surface area contributed by atoms with Gasteiger partial charge in [-0.3, -0.25) is 4.79 Å². The standard InChI is InChI=1S/C23H30ClN5O3S/c1-6-29(7-2)33(31,32)17-9-11-21-19(15-17)26-22(28(21)5)12-13-23(30)25-16-8-10-20(27(3)4)18(24)14-16/h8-11,14-15H,6-7,12-13H2,1-5H3,(H,25,30). The van der Waals surface area contributed by atoms with Crippen LogP contribution in [0.1, 0.15) is 26.1 Å². The average molecular weight is 492 g/mol. The number of benzene rings is 2. The third kappa shape index (κ3) is 5.31. The fourth-order valence-corrected chi connectivity index (χ4v) is 5.55. The van der Waals surface area contributed by atoms with Gasteiger partial charge in [-0.25, -0.2) is 13.4 Å². The number of hydrogen-bond donors (Lipinski definition) is 1. The van der Waals surface area contributed by atoms with Gasteiger partial charge in [-0.2, -0.15) is 4.31 Å². The van der Waals surface area contributed by atoms with Gasteiger partial charge < -0.3 is 14.8 Å². The number of carbonyl (C=O) groups excluding carboxylic acids is 1. The zero-order valence-corrected chi connectivity index (χ0v) is 21.2. The third-order valence-corrected chi connectivity index (χ3v) is 7.93. The largest absolute Gasteiger partial charge is 0.376 e. The average Bonchev–Trinajstić information content (AvgIpc) is 3.07. The number of nitrogens with one attached hydrogen (secondary N) is 1. The molecule has 3 aromatic rings. The molecule has 8 nitrogen and oxygen atoms in total. The van der Waals surface area contributed by atoms with Gasteiger partial charge in [-0.15, -0.1) is 0 Å². The molecule has 0 fully saturated rings. The van der Waals surface area contributed by atoms with E-state index in [1.54, 1.807) is 24.3 Å². The smallest absolute Gasteiger partial charge is 0.243 e. The minimum Gasteiger partial charge on any atom is -0.376 e. The van der Waals surface area contributed by atoms with E-state index >= 15 is 0 Å². The highest BCUT2D eigenvalue weighted by molar-refractivity contribution is 7.89. The van der Waals surface area contributed by atoms with Crippen molar-refractivity contribution >= 4 is 49.9 Å². The summed E-state index contributed by atoms with van der Waals surface area (Å²) >= 11 is 6.28. The first-order valence-corrected chi connectivity index (χ1v) is 12.6. The van der Waals surface area contributed by atoms with Crippen LogP contribution in [0.2, 0.25) is 5.02 Å². The van der Waals surface area contributed by atoms with Crippen molar-refractivity contribution in [1.29, 1.82) is 0 Å². The quantitative estimate of drug-likeness (QED) is 0.490. The van der Waals surface area contributed by atoms with Crippen molar-refractivity contribution < 1.29 is 13.2 Å². The van der Waals surface area contributed by atoms with E-state index in [-0.39, 0.29) is 17.2 Å². The number of fused-ring (bicyclic) bond motifs is 1. The van der Waals surface area contributed by atoms with Crippen LogP contribution in [0.5, 0.6) is 0 Å². The molecule has 2 aromatic carbocycles. The molecular weight excluding hydrogens is 462 g/mol. The Balaban J connectivity index is 1.74. The second kappa shape index (κ2) is 10.1.